The standard InChI is InChI=1S/C28H40N2O4/c1-16(2)23(26(32)30-24(17(3)4)27(33)34-5)29-25(31)21-6-8-22(9-7-21)28-13-18-10-19(14-28)12-20(11-18)15-28/h6-9,16-20,23-24H,10-15H2,1-5H3,(H,29,31)(H,30,32). The number of ether oxygens (including phenoxy) is 1. The van der Waals surface area contributed by atoms with Gasteiger partial charge in [-0.2, -0.15) is 0 Å². The Kier molecular flexibility index (Phi) is 7.07. The Bertz CT molecular complexity index is 886. The highest BCUT2D eigenvalue weighted by Gasteiger charge is 2.51. The molecule has 4 fully saturated rings. The van der Waals surface area contributed by atoms with Gasteiger partial charge in [0.05, 0.1) is 7.11 Å². The summed E-state index contributed by atoms with van der Waals surface area (Å²) in [6.45, 7) is 7.44. The molecular weight excluding hydrogens is 428 g/mol. The molecule has 4 saturated carbocycles. The van der Waals surface area contributed by atoms with Crippen molar-refractivity contribution in [1.82, 2.24) is 10.6 Å². The fourth-order valence-electron chi connectivity index (χ4n) is 7.07. The van der Waals surface area contributed by atoms with Gasteiger partial charge in [0.2, 0.25) is 5.91 Å². The second kappa shape index (κ2) is 9.71. The van der Waals surface area contributed by atoms with Gasteiger partial charge >= 0.3 is 5.97 Å². The van der Waals surface area contributed by atoms with E-state index in [1.807, 2.05) is 39.8 Å². The Morgan fingerprint density at radius 3 is 1.76 bits per heavy atom. The van der Waals surface area contributed by atoms with Crippen molar-refractivity contribution in [1.29, 1.82) is 0 Å². The molecule has 0 aromatic heterocycles. The van der Waals surface area contributed by atoms with E-state index in [0.29, 0.717) is 11.0 Å². The molecule has 2 atom stereocenters. The van der Waals surface area contributed by atoms with E-state index >= 15 is 0 Å². The maximum Gasteiger partial charge on any atom is 0.328 e. The molecule has 0 heterocycles. The maximum absolute atomic E-state index is 13.1. The number of carbonyl (C=O) groups is 3. The molecule has 2 amide bonds. The molecular formula is C28H40N2O4. The van der Waals surface area contributed by atoms with E-state index in [0.717, 1.165) is 17.8 Å². The highest BCUT2D eigenvalue weighted by molar-refractivity contribution is 5.98. The van der Waals surface area contributed by atoms with Crippen molar-refractivity contribution in [2.45, 2.75) is 83.7 Å². The van der Waals surface area contributed by atoms with Crippen LogP contribution in [0.5, 0.6) is 0 Å². The third-order valence-electron chi connectivity index (χ3n) is 8.45. The van der Waals surface area contributed by atoms with Crippen LogP contribution >= 0.6 is 0 Å². The fourth-order valence-corrected chi connectivity index (χ4v) is 7.07. The van der Waals surface area contributed by atoms with Gasteiger partial charge in [0.15, 0.2) is 0 Å². The summed E-state index contributed by atoms with van der Waals surface area (Å²) in [5, 5.41) is 5.65. The molecule has 5 rings (SSSR count). The average molecular weight is 469 g/mol. The molecule has 4 aliphatic carbocycles. The molecule has 186 valence electrons. The van der Waals surface area contributed by atoms with E-state index in [1.54, 1.807) is 0 Å². The Hall–Kier alpha value is -2.37. The SMILES string of the molecule is COC(=O)C(NC(=O)C(NC(=O)c1ccc(C23CC4CC(CC(C4)C2)C3)cc1)C(C)C)C(C)C. The second-order valence-electron chi connectivity index (χ2n) is 11.7. The van der Waals surface area contributed by atoms with Crippen LogP contribution in [0.25, 0.3) is 0 Å². The molecule has 34 heavy (non-hydrogen) atoms. The lowest BCUT2D eigenvalue weighted by Crippen LogP contribution is -2.55. The lowest BCUT2D eigenvalue weighted by atomic mass is 9.48. The zero-order valence-corrected chi connectivity index (χ0v) is 21.2. The summed E-state index contributed by atoms with van der Waals surface area (Å²) in [4.78, 5) is 38.1. The quantitative estimate of drug-likeness (QED) is 0.560. The number of amides is 2. The minimum atomic E-state index is -0.754. The number of esters is 1. The van der Waals surface area contributed by atoms with Gasteiger partial charge in [-0.15, -0.1) is 0 Å². The smallest absolute Gasteiger partial charge is 0.328 e. The van der Waals surface area contributed by atoms with Crippen LogP contribution in [-0.4, -0.2) is 37.0 Å². The van der Waals surface area contributed by atoms with Crippen molar-refractivity contribution >= 4 is 17.8 Å². The van der Waals surface area contributed by atoms with Crippen LogP contribution in [0.1, 0.15) is 82.1 Å². The minimum absolute atomic E-state index is 0.128. The van der Waals surface area contributed by atoms with Crippen LogP contribution in [0.3, 0.4) is 0 Å². The highest BCUT2D eigenvalue weighted by atomic mass is 16.5. The van der Waals surface area contributed by atoms with Crippen LogP contribution in [0, 0.1) is 29.6 Å². The predicted molar refractivity (Wildman–Crippen MR) is 131 cm³/mol. The van der Waals surface area contributed by atoms with Gasteiger partial charge in [-0.05, 0) is 91.2 Å². The Labute approximate surface area is 203 Å². The molecule has 4 bridgehead atoms. The summed E-state index contributed by atoms with van der Waals surface area (Å²) >= 11 is 0. The Morgan fingerprint density at radius 1 is 0.824 bits per heavy atom. The molecule has 0 radical (unpaired) electrons. The molecule has 2 N–H and O–H groups in total. The first-order valence-electron chi connectivity index (χ1n) is 12.9. The molecule has 1 aromatic rings. The monoisotopic (exact) mass is 468 g/mol. The summed E-state index contributed by atoms with van der Waals surface area (Å²) in [6.07, 6.45) is 8.09. The van der Waals surface area contributed by atoms with Crippen LogP contribution in [-0.2, 0) is 19.7 Å². The van der Waals surface area contributed by atoms with Crippen LogP contribution in [0.2, 0.25) is 0 Å². The number of rotatable bonds is 8. The van der Waals surface area contributed by atoms with E-state index in [2.05, 4.69) is 22.8 Å². The summed E-state index contributed by atoms with van der Waals surface area (Å²) in [5.41, 5.74) is 2.23. The molecule has 6 heteroatoms. The number of carbonyl (C=O) groups excluding carboxylic acids is 3. The summed E-state index contributed by atoms with van der Waals surface area (Å²) < 4.78 is 4.82. The zero-order valence-electron chi connectivity index (χ0n) is 21.2. The van der Waals surface area contributed by atoms with E-state index in [9.17, 15) is 14.4 Å². The molecule has 0 saturated heterocycles. The van der Waals surface area contributed by atoms with Crippen molar-refractivity contribution in [2.75, 3.05) is 7.11 Å². The molecule has 4 aliphatic rings. The topological polar surface area (TPSA) is 84.5 Å². The molecule has 1 aromatic carbocycles. The van der Waals surface area contributed by atoms with Crippen molar-refractivity contribution in [2.24, 2.45) is 29.6 Å². The Balaban J connectivity index is 1.44. The minimum Gasteiger partial charge on any atom is -0.467 e. The third-order valence-corrected chi connectivity index (χ3v) is 8.45. The molecule has 0 spiro atoms. The van der Waals surface area contributed by atoms with Gasteiger partial charge in [-0.25, -0.2) is 4.79 Å². The van der Waals surface area contributed by atoms with Gasteiger partial charge < -0.3 is 15.4 Å². The largest absolute Gasteiger partial charge is 0.467 e. The third kappa shape index (κ3) is 4.87. The fraction of sp³-hybridized carbons (Fsp3) is 0.679. The van der Waals surface area contributed by atoms with Gasteiger partial charge in [-0.1, -0.05) is 39.8 Å². The van der Waals surface area contributed by atoms with Gasteiger partial charge in [0.25, 0.3) is 5.91 Å². The van der Waals surface area contributed by atoms with Crippen molar-refractivity contribution in [3.63, 3.8) is 0 Å². The van der Waals surface area contributed by atoms with Crippen LogP contribution in [0.4, 0.5) is 0 Å². The van der Waals surface area contributed by atoms with E-state index in [1.165, 1.54) is 51.2 Å². The van der Waals surface area contributed by atoms with E-state index in [-0.39, 0.29) is 23.7 Å². The first-order valence-corrected chi connectivity index (χ1v) is 12.9. The number of hydrogen-bond donors (Lipinski definition) is 2. The number of benzene rings is 1. The Morgan fingerprint density at radius 2 is 1.32 bits per heavy atom. The van der Waals surface area contributed by atoms with Crippen LogP contribution in [0.15, 0.2) is 24.3 Å². The highest BCUT2D eigenvalue weighted by Crippen LogP contribution is 2.60. The summed E-state index contributed by atoms with van der Waals surface area (Å²) in [7, 11) is 1.30. The lowest BCUT2D eigenvalue weighted by molar-refractivity contribution is -0.146. The van der Waals surface area contributed by atoms with Gasteiger partial charge in [0.1, 0.15) is 12.1 Å². The van der Waals surface area contributed by atoms with Crippen LogP contribution < -0.4 is 10.6 Å². The number of methoxy groups -OCH3 is 1. The molecule has 0 aliphatic heterocycles. The summed E-state index contributed by atoms with van der Waals surface area (Å²) in [5.74, 6) is 1.22. The number of hydrogen-bond acceptors (Lipinski definition) is 4. The van der Waals surface area contributed by atoms with E-state index in [4.69, 9.17) is 4.74 Å². The average Bonchev–Trinajstić information content (AvgIpc) is 2.79. The molecule has 6 nitrogen and oxygen atoms in total. The number of nitrogens with one attached hydrogen (secondary N) is 2. The normalized spacial score (nSPS) is 29.1. The van der Waals surface area contributed by atoms with E-state index < -0.39 is 18.1 Å². The van der Waals surface area contributed by atoms with Crippen molar-refractivity contribution < 1.29 is 19.1 Å². The molecule has 2 unspecified atom stereocenters. The van der Waals surface area contributed by atoms with Gasteiger partial charge in [-0.3, -0.25) is 9.59 Å². The zero-order chi connectivity index (χ0) is 24.6. The first-order chi connectivity index (χ1) is 16.1. The maximum atomic E-state index is 13.1. The second-order valence-corrected chi connectivity index (χ2v) is 11.7. The first kappa shape index (κ1) is 24.7. The predicted octanol–water partition coefficient (Wildman–Crippen LogP) is 4.22. The van der Waals surface area contributed by atoms with Gasteiger partial charge in [0, 0.05) is 5.56 Å². The van der Waals surface area contributed by atoms with Crippen molar-refractivity contribution in [3.8, 4) is 0 Å². The summed E-state index contributed by atoms with van der Waals surface area (Å²) in [6, 6.07) is 6.58. The lowest BCUT2D eigenvalue weighted by Gasteiger charge is -2.57. The van der Waals surface area contributed by atoms with Crippen molar-refractivity contribution in [3.05, 3.63) is 35.4 Å².